The molecule has 0 spiro atoms. The SMILES string of the molecule is Cc1ccc(F)c(C(N)c2c(F)ccc(C)c2F)c1. The number of hydrogen-bond acceptors (Lipinski definition) is 1. The Morgan fingerprint density at radius 3 is 2.26 bits per heavy atom. The molecule has 19 heavy (non-hydrogen) atoms. The third kappa shape index (κ3) is 2.49. The van der Waals surface area contributed by atoms with E-state index in [2.05, 4.69) is 0 Å². The summed E-state index contributed by atoms with van der Waals surface area (Å²) in [6.07, 6.45) is 0. The maximum absolute atomic E-state index is 14.0. The van der Waals surface area contributed by atoms with Crippen LogP contribution < -0.4 is 5.73 Å². The summed E-state index contributed by atoms with van der Waals surface area (Å²) in [6, 6.07) is 5.63. The summed E-state index contributed by atoms with van der Waals surface area (Å²) >= 11 is 0. The molecular formula is C15H14F3N. The molecule has 1 nitrogen and oxygen atoms in total. The van der Waals surface area contributed by atoms with Gasteiger partial charge in [0, 0.05) is 11.1 Å². The third-order valence-electron chi connectivity index (χ3n) is 3.12. The normalized spacial score (nSPS) is 12.5. The van der Waals surface area contributed by atoms with E-state index in [1.807, 2.05) is 0 Å². The number of nitrogens with two attached hydrogens (primary N) is 1. The van der Waals surface area contributed by atoms with Crippen molar-refractivity contribution in [3.05, 3.63) is 70.0 Å². The standard InChI is InChI=1S/C15H14F3N/c1-8-3-5-11(16)10(7-8)15(19)13-12(17)6-4-9(2)14(13)18/h3-7,15H,19H2,1-2H3. The Labute approximate surface area is 109 Å². The zero-order valence-corrected chi connectivity index (χ0v) is 10.7. The molecule has 1 atom stereocenters. The summed E-state index contributed by atoms with van der Waals surface area (Å²) in [4.78, 5) is 0. The minimum absolute atomic E-state index is 0.0865. The second-order valence-electron chi connectivity index (χ2n) is 4.59. The van der Waals surface area contributed by atoms with E-state index < -0.39 is 23.5 Å². The highest BCUT2D eigenvalue weighted by Gasteiger charge is 2.22. The zero-order valence-electron chi connectivity index (χ0n) is 10.7. The molecule has 0 heterocycles. The van der Waals surface area contributed by atoms with Crippen molar-refractivity contribution in [2.24, 2.45) is 5.73 Å². The molecule has 0 aliphatic carbocycles. The molecule has 0 amide bonds. The van der Waals surface area contributed by atoms with Crippen molar-refractivity contribution in [1.82, 2.24) is 0 Å². The minimum Gasteiger partial charge on any atom is -0.320 e. The lowest BCUT2D eigenvalue weighted by atomic mass is 9.95. The van der Waals surface area contributed by atoms with E-state index in [9.17, 15) is 13.2 Å². The molecule has 0 aliphatic heterocycles. The summed E-state index contributed by atoms with van der Waals surface area (Å²) < 4.78 is 41.5. The van der Waals surface area contributed by atoms with Crippen LogP contribution in [-0.4, -0.2) is 0 Å². The maximum Gasteiger partial charge on any atom is 0.134 e. The second-order valence-corrected chi connectivity index (χ2v) is 4.59. The molecule has 100 valence electrons. The first kappa shape index (κ1) is 13.6. The highest BCUT2D eigenvalue weighted by atomic mass is 19.1. The van der Waals surface area contributed by atoms with Crippen LogP contribution in [0.5, 0.6) is 0 Å². The van der Waals surface area contributed by atoms with Crippen molar-refractivity contribution in [2.45, 2.75) is 19.9 Å². The van der Waals surface area contributed by atoms with Crippen LogP contribution in [0.4, 0.5) is 13.2 Å². The van der Waals surface area contributed by atoms with Gasteiger partial charge in [0.25, 0.3) is 0 Å². The molecule has 0 saturated heterocycles. The quantitative estimate of drug-likeness (QED) is 0.878. The fourth-order valence-electron chi connectivity index (χ4n) is 2.02. The predicted octanol–water partition coefficient (Wildman–Crippen LogP) is 3.77. The minimum atomic E-state index is -1.17. The molecule has 0 fully saturated rings. The Balaban J connectivity index is 2.59. The zero-order chi connectivity index (χ0) is 14.2. The van der Waals surface area contributed by atoms with Crippen molar-refractivity contribution >= 4 is 0 Å². The smallest absolute Gasteiger partial charge is 0.134 e. The van der Waals surface area contributed by atoms with Crippen LogP contribution in [-0.2, 0) is 0 Å². The van der Waals surface area contributed by atoms with E-state index in [0.717, 1.165) is 11.6 Å². The van der Waals surface area contributed by atoms with Gasteiger partial charge in [0.05, 0.1) is 6.04 Å². The summed E-state index contributed by atoms with van der Waals surface area (Å²) in [6.45, 7) is 3.27. The van der Waals surface area contributed by atoms with Gasteiger partial charge in [-0.15, -0.1) is 0 Å². The molecule has 0 radical (unpaired) electrons. The predicted molar refractivity (Wildman–Crippen MR) is 68.3 cm³/mol. The van der Waals surface area contributed by atoms with Crippen LogP contribution in [0.2, 0.25) is 0 Å². The van der Waals surface area contributed by atoms with Gasteiger partial charge < -0.3 is 5.73 Å². The first-order valence-electron chi connectivity index (χ1n) is 5.88. The van der Waals surface area contributed by atoms with Gasteiger partial charge >= 0.3 is 0 Å². The average molecular weight is 265 g/mol. The Bertz CT molecular complexity index is 623. The van der Waals surface area contributed by atoms with Gasteiger partial charge in [0.1, 0.15) is 17.5 Å². The lowest BCUT2D eigenvalue weighted by Gasteiger charge is -2.16. The van der Waals surface area contributed by atoms with E-state index in [4.69, 9.17) is 5.73 Å². The lowest BCUT2D eigenvalue weighted by Crippen LogP contribution is -2.18. The maximum atomic E-state index is 14.0. The van der Waals surface area contributed by atoms with Gasteiger partial charge in [-0.3, -0.25) is 0 Å². The van der Waals surface area contributed by atoms with E-state index >= 15 is 0 Å². The topological polar surface area (TPSA) is 26.0 Å². The average Bonchev–Trinajstić information content (AvgIpc) is 2.37. The Kier molecular flexibility index (Phi) is 3.62. The molecule has 0 saturated carbocycles. The Hall–Kier alpha value is -1.81. The highest BCUT2D eigenvalue weighted by Crippen LogP contribution is 2.28. The van der Waals surface area contributed by atoms with E-state index in [1.165, 1.54) is 25.1 Å². The van der Waals surface area contributed by atoms with Crippen LogP contribution in [0.1, 0.15) is 28.3 Å². The Morgan fingerprint density at radius 1 is 0.947 bits per heavy atom. The summed E-state index contributed by atoms with van der Waals surface area (Å²) in [5.41, 5.74) is 6.68. The monoisotopic (exact) mass is 265 g/mol. The molecular weight excluding hydrogens is 251 g/mol. The first-order valence-corrected chi connectivity index (χ1v) is 5.88. The highest BCUT2D eigenvalue weighted by molar-refractivity contribution is 5.38. The molecule has 2 aromatic carbocycles. The van der Waals surface area contributed by atoms with Crippen LogP contribution in [0.3, 0.4) is 0 Å². The van der Waals surface area contributed by atoms with E-state index in [0.29, 0.717) is 0 Å². The molecule has 2 aromatic rings. The molecule has 2 rings (SSSR count). The number of hydrogen-bond donors (Lipinski definition) is 1. The van der Waals surface area contributed by atoms with Crippen LogP contribution in [0.15, 0.2) is 30.3 Å². The van der Waals surface area contributed by atoms with Gasteiger partial charge in [-0.1, -0.05) is 23.8 Å². The van der Waals surface area contributed by atoms with Gasteiger partial charge in [0.15, 0.2) is 0 Å². The van der Waals surface area contributed by atoms with Crippen LogP contribution in [0.25, 0.3) is 0 Å². The number of rotatable bonds is 2. The van der Waals surface area contributed by atoms with E-state index in [-0.39, 0.29) is 16.7 Å². The summed E-state index contributed by atoms with van der Waals surface area (Å²) in [5.74, 6) is -2.07. The molecule has 0 aliphatic rings. The molecule has 2 N–H and O–H groups in total. The Morgan fingerprint density at radius 2 is 1.58 bits per heavy atom. The van der Waals surface area contributed by atoms with Crippen LogP contribution in [0, 0.1) is 31.3 Å². The van der Waals surface area contributed by atoms with Crippen molar-refractivity contribution in [2.75, 3.05) is 0 Å². The van der Waals surface area contributed by atoms with Gasteiger partial charge in [-0.05, 0) is 31.5 Å². The summed E-state index contributed by atoms with van der Waals surface area (Å²) in [5, 5.41) is 0. The number of halogens is 3. The second kappa shape index (κ2) is 5.05. The first-order chi connectivity index (χ1) is 8.91. The molecule has 1 unspecified atom stereocenters. The largest absolute Gasteiger partial charge is 0.320 e. The molecule has 0 aromatic heterocycles. The van der Waals surface area contributed by atoms with Crippen molar-refractivity contribution in [3.8, 4) is 0 Å². The fourth-order valence-corrected chi connectivity index (χ4v) is 2.02. The van der Waals surface area contributed by atoms with Crippen molar-refractivity contribution < 1.29 is 13.2 Å². The van der Waals surface area contributed by atoms with Crippen molar-refractivity contribution in [3.63, 3.8) is 0 Å². The number of aryl methyl sites for hydroxylation is 2. The van der Waals surface area contributed by atoms with Gasteiger partial charge in [-0.25, -0.2) is 13.2 Å². The van der Waals surface area contributed by atoms with Gasteiger partial charge in [0.2, 0.25) is 0 Å². The number of benzene rings is 2. The molecule has 4 heteroatoms. The fraction of sp³-hybridized carbons (Fsp3) is 0.200. The van der Waals surface area contributed by atoms with Gasteiger partial charge in [-0.2, -0.15) is 0 Å². The summed E-state index contributed by atoms with van der Waals surface area (Å²) in [7, 11) is 0. The molecule has 0 bridgehead atoms. The van der Waals surface area contributed by atoms with E-state index in [1.54, 1.807) is 13.0 Å². The van der Waals surface area contributed by atoms with Crippen molar-refractivity contribution in [1.29, 1.82) is 0 Å². The third-order valence-corrected chi connectivity index (χ3v) is 3.12. The lowest BCUT2D eigenvalue weighted by molar-refractivity contribution is 0.528. The van der Waals surface area contributed by atoms with Crippen LogP contribution >= 0.6 is 0 Å².